The molecular formula is C43H58N2O11. The minimum Gasteiger partial charge on any atom is -0.469 e. The van der Waals surface area contributed by atoms with Crippen LogP contribution in [0, 0.1) is 5.92 Å². The Morgan fingerprint density at radius 2 is 1.21 bits per heavy atom. The van der Waals surface area contributed by atoms with E-state index in [2.05, 4.69) is 12.2 Å². The maximum absolute atomic E-state index is 13.2. The fraction of sp³-hybridized carbons (Fsp3) is 0.558. The van der Waals surface area contributed by atoms with E-state index in [-0.39, 0.29) is 55.9 Å². The fourth-order valence-corrected chi connectivity index (χ4v) is 6.55. The number of Topliss-reactive ketones (excluding diaryl/α,β-unsaturated/α-hetero) is 1. The number of ether oxygens (including phenoxy) is 4. The van der Waals surface area contributed by atoms with Gasteiger partial charge in [-0.25, -0.2) is 9.59 Å². The molecule has 3 amide bonds. The van der Waals surface area contributed by atoms with Gasteiger partial charge in [-0.3, -0.25) is 28.9 Å². The van der Waals surface area contributed by atoms with Crippen molar-refractivity contribution >= 4 is 41.4 Å². The molecule has 3 atom stereocenters. The smallest absolute Gasteiger partial charge is 0.331 e. The van der Waals surface area contributed by atoms with E-state index in [0.717, 1.165) is 43.9 Å². The first-order valence-electron chi connectivity index (χ1n) is 19.8. The summed E-state index contributed by atoms with van der Waals surface area (Å²) in [5.74, 6) is -5.54. The van der Waals surface area contributed by atoms with Gasteiger partial charge in [0.05, 0.1) is 44.5 Å². The molecule has 0 aromatic heterocycles. The molecule has 1 aliphatic heterocycles. The molecule has 1 aliphatic rings. The number of imide groups is 1. The minimum atomic E-state index is -1.45. The lowest BCUT2D eigenvalue weighted by molar-refractivity contribution is -0.152. The van der Waals surface area contributed by atoms with Crippen molar-refractivity contribution in [1.82, 2.24) is 10.2 Å². The number of unbranched alkanes of at least 4 members (excludes halogenated alkanes) is 10. The van der Waals surface area contributed by atoms with Crippen LogP contribution in [-0.4, -0.2) is 85.8 Å². The van der Waals surface area contributed by atoms with Crippen molar-refractivity contribution in [3.8, 4) is 0 Å². The van der Waals surface area contributed by atoms with Gasteiger partial charge in [0.25, 0.3) is 11.8 Å². The summed E-state index contributed by atoms with van der Waals surface area (Å²) in [4.78, 5) is 91.5. The van der Waals surface area contributed by atoms with E-state index < -0.39 is 60.1 Å². The van der Waals surface area contributed by atoms with Crippen LogP contribution in [0.1, 0.15) is 130 Å². The first kappa shape index (κ1) is 45.5. The normalized spacial score (nSPS) is 13.7. The predicted octanol–water partition coefficient (Wildman–Crippen LogP) is 6.30. The first-order chi connectivity index (χ1) is 27.1. The second kappa shape index (κ2) is 25.3. The summed E-state index contributed by atoms with van der Waals surface area (Å²) in [5.41, 5.74) is 1.04. The Bertz CT molecular complexity index is 1560. The lowest BCUT2D eigenvalue weighted by Gasteiger charge is -2.24. The second-order valence-electron chi connectivity index (χ2n) is 14.1. The number of esters is 3. The zero-order valence-corrected chi connectivity index (χ0v) is 33.1. The number of ketones is 1. The van der Waals surface area contributed by atoms with Crippen molar-refractivity contribution in [3.05, 3.63) is 71.3 Å². The molecule has 56 heavy (non-hydrogen) atoms. The maximum atomic E-state index is 13.2. The second-order valence-corrected chi connectivity index (χ2v) is 14.1. The molecule has 1 N–H and O–H groups in total. The van der Waals surface area contributed by atoms with Crippen molar-refractivity contribution in [2.75, 3.05) is 27.4 Å². The number of amides is 3. The van der Waals surface area contributed by atoms with E-state index in [1.807, 2.05) is 18.2 Å². The molecule has 2 aromatic rings. The summed E-state index contributed by atoms with van der Waals surface area (Å²) < 4.78 is 20.9. The number of nitrogens with one attached hydrogen (secondary N) is 1. The monoisotopic (exact) mass is 778 g/mol. The zero-order chi connectivity index (χ0) is 40.7. The highest BCUT2D eigenvalue weighted by molar-refractivity contribution is 6.22. The number of hydrogen-bond donors (Lipinski definition) is 1. The SMILES string of the molecule is CCCCCCCCCCCCCC(=O)N[C@H](CCC(=O)C[C@@H](COC[C@H](C(=O)OC)N1C(=O)c2ccccc2C1=O)C(=O)OC)C(=O)OCc1ccccc1. The lowest BCUT2D eigenvalue weighted by Crippen LogP contribution is -2.48. The maximum Gasteiger partial charge on any atom is 0.331 e. The quantitative estimate of drug-likeness (QED) is 0.0445. The number of methoxy groups -OCH3 is 2. The summed E-state index contributed by atoms with van der Waals surface area (Å²) in [6.45, 7) is 1.32. The summed E-state index contributed by atoms with van der Waals surface area (Å²) >= 11 is 0. The Morgan fingerprint density at radius 1 is 0.661 bits per heavy atom. The van der Waals surface area contributed by atoms with Gasteiger partial charge in [-0.2, -0.15) is 0 Å². The first-order valence-corrected chi connectivity index (χ1v) is 19.8. The van der Waals surface area contributed by atoms with Crippen LogP contribution in [0.4, 0.5) is 0 Å². The van der Waals surface area contributed by atoms with Crippen molar-refractivity contribution in [1.29, 1.82) is 0 Å². The standard InChI is InChI=1S/C43H58N2O11/c1-4-5-6-7-8-9-10-11-12-13-17-24-38(47)44-36(42(51)56-28-31-20-15-14-16-21-31)26-25-33(46)27-32(41(50)53-2)29-55-30-37(43(52)54-3)45-39(48)34-22-18-19-23-35(34)40(45)49/h14-16,18-23,32,36-37H,4-13,17,24-30H2,1-3H3,(H,44,47)/t32-,36+,37+/m0/s1. The zero-order valence-electron chi connectivity index (χ0n) is 33.1. The van der Waals surface area contributed by atoms with E-state index in [1.165, 1.54) is 57.1 Å². The molecule has 0 bridgehead atoms. The molecule has 13 nitrogen and oxygen atoms in total. The van der Waals surface area contributed by atoms with Crippen LogP contribution < -0.4 is 5.32 Å². The van der Waals surface area contributed by atoms with Crippen LogP contribution in [0.15, 0.2) is 54.6 Å². The Labute approximate surface area is 330 Å². The number of fused-ring (bicyclic) bond motifs is 1. The molecular weight excluding hydrogens is 720 g/mol. The third-order valence-corrected chi connectivity index (χ3v) is 9.78. The van der Waals surface area contributed by atoms with Gasteiger partial charge in [0, 0.05) is 19.3 Å². The molecule has 3 rings (SSSR count). The Balaban J connectivity index is 1.53. The fourth-order valence-electron chi connectivity index (χ4n) is 6.55. The Morgan fingerprint density at radius 3 is 1.79 bits per heavy atom. The number of benzene rings is 2. The van der Waals surface area contributed by atoms with Gasteiger partial charge >= 0.3 is 17.9 Å². The van der Waals surface area contributed by atoms with Gasteiger partial charge in [0.15, 0.2) is 6.04 Å². The molecule has 13 heteroatoms. The average molecular weight is 779 g/mol. The van der Waals surface area contributed by atoms with E-state index in [1.54, 1.807) is 24.3 Å². The van der Waals surface area contributed by atoms with Gasteiger partial charge in [0.2, 0.25) is 5.91 Å². The Kier molecular flexibility index (Phi) is 20.5. The molecule has 0 spiro atoms. The van der Waals surface area contributed by atoms with Gasteiger partial charge in [0.1, 0.15) is 18.4 Å². The van der Waals surface area contributed by atoms with Crippen molar-refractivity contribution in [2.45, 2.75) is 122 Å². The van der Waals surface area contributed by atoms with Gasteiger partial charge in [-0.1, -0.05) is 114 Å². The molecule has 0 unspecified atom stereocenters. The third-order valence-electron chi connectivity index (χ3n) is 9.78. The van der Waals surface area contributed by atoms with Crippen LogP contribution in [-0.2, 0) is 49.5 Å². The van der Waals surface area contributed by atoms with Crippen LogP contribution in [0.3, 0.4) is 0 Å². The van der Waals surface area contributed by atoms with Crippen LogP contribution in [0.5, 0.6) is 0 Å². The summed E-state index contributed by atoms with van der Waals surface area (Å²) in [6, 6.07) is 12.7. The van der Waals surface area contributed by atoms with Gasteiger partial charge in [-0.15, -0.1) is 0 Å². The average Bonchev–Trinajstić information content (AvgIpc) is 3.46. The summed E-state index contributed by atoms with van der Waals surface area (Å²) in [6.07, 6.45) is 12.2. The van der Waals surface area contributed by atoms with E-state index in [0.29, 0.717) is 6.42 Å². The largest absolute Gasteiger partial charge is 0.469 e. The van der Waals surface area contributed by atoms with Gasteiger partial charge < -0.3 is 24.3 Å². The summed E-state index contributed by atoms with van der Waals surface area (Å²) in [7, 11) is 2.26. The topological polar surface area (TPSA) is 172 Å². The van der Waals surface area contributed by atoms with Crippen LogP contribution in [0.2, 0.25) is 0 Å². The molecule has 2 aromatic carbocycles. The van der Waals surface area contributed by atoms with Crippen molar-refractivity contribution in [2.24, 2.45) is 5.92 Å². The van der Waals surface area contributed by atoms with Crippen molar-refractivity contribution in [3.63, 3.8) is 0 Å². The molecule has 1 heterocycles. The number of carbonyl (C=O) groups is 7. The van der Waals surface area contributed by atoms with Gasteiger partial charge in [-0.05, 0) is 30.5 Å². The number of rotatable bonds is 28. The highest BCUT2D eigenvalue weighted by Crippen LogP contribution is 2.25. The minimum absolute atomic E-state index is 0.00632. The highest BCUT2D eigenvalue weighted by Gasteiger charge is 2.43. The predicted molar refractivity (Wildman–Crippen MR) is 207 cm³/mol. The molecule has 0 aliphatic carbocycles. The Hall–Kier alpha value is -4.91. The summed E-state index contributed by atoms with van der Waals surface area (Å²) in [5, 5.41) is 2.75. The number of carbonyl (C=O) groups excluding carboxylic acids is 7. The molecule has 0 saturated carbocycles. The lowest BCUT2D eigenvalue weighted by atomic mass is 9.99. The van der Waals surface area contributed by atoms with Crippen LogP contribution in [0.25, 0.3) is 0 Å². The van der Waals surface area contributed by atoms with Crippen LogP contribution >= 0.6 is 0 Å². The third kappa shape index (κ3) is 15.0. The number of hydrogen-bond acceptors (Lipinski definition) is 11. The van der Waals surface area contributed by atoms with E-state index >= 15 is 0 Å². The van der Waals surface area contributed by atoms with E-state index in [9.17, 15) is 33.6 Å². The molecule has 306 valence electrons. The molecule has 0 fully saturated rings. The van der Waals surface area contributed by atoms with E-state index in [4.69, 9.17) is 18.9 Å². The highest BCUT2D eigenvalue weighted by atomic mass is 16.5. The van der Waals surface area contributed by atoms with Crippen molar-refractivity contribution < 1.29 is 52.5 Å². The number of nitrogens with zero attached hydrogens (tertiary/aromatic N) is 1. The molecule has 0 radical (unpaired) electrons. The molecule has 0 saturated heterocycles.